The summed E-state index contributed by atoms with van der Waals surface area (Å²) in [6.07, 6.45) is 21.3. The number of hydrogen-bond acceptors (Lipinski definition) is 3. The summed E-state index contributed by atoms with van der Waals surface area (Å²) in [6.45, 7) is 2.10. The van der Waals surface area contributed by atoms with Gasteiger partial charge in [0.2, 0.25) is 0 Å². The van der Waals surface area contributed by atoms with Crippen LogP contribution in [0.1, 0.15) is 77.6 Å². The molecule has 26 heavy (non-hydrogen) atoms. The van der Waals surface area contributed by atoms with E-state index in [4.69, 9.17) is 6.42 Å². The lowest BCUT2D eigenvalue weighted by Crippen LogP contribution is -2.44. The van der Waals surface area contributed by atoms with Crippen molar-refractivity contribution in [3.8, 4) is 12.3 Å². The average Bonchev–Trinajstić information content (AvgIpc) is 3.16. The highest BCUT2D eigenvalue weighted by molar-refractivity contribution is 5.77. The third kappa shape index (κ3) is 6.97. The highest BCUT2D eigenvalue weighted by Gasteiger charge is 2.44. The SMILES string of the molecule is C#C[C@](O)(/C=C\C/C=C/CC[C@](O)(C(=O)O)C1CCCC1)CCCCC. The van der Waals surface area contributed by atoms with Crippen molar-refractivity contribution >= 4 is 5.97 Å². The fourth-order valence-electron chi connectivity index (χ4n) is 3.60. The van der Waals surface area contributed by atoms with E-state index < -0.39 is 17.2 Å². The van der Waals surface area contributed by atoms with Gasteiger partial charge in [0.05, 0.1) is 0 Å². The molecular weight excluding hydrogens is 328 g/mol. The fourth-order valence-corrected chi connectivity index (χ4v) is 3.60. The van der Waals surface area contributed by atoms with E-state index in [0.717, 1.165) is 44.9 Å². The van der Waals surface area contributed by atoms with Crippen molar-refractivity contribution in [3.63, 3.8) is 0 Å². The van der Waals surface area contributed by atoms with E-state index in [0.29, 0.717) is 19.3 Å². The summed E-state index contributed by atoms with van der Waals surface area (Å²) in [5.74, 6) is 1.20. The second-order valence-electron chi connectivity index (χ2n) is 7.38. The van der Waals surface area contributed by atoms with Gasteiger partial charge in [0.1, 0.15) is 5.60 Å². The number of terminal acetylenes is 1. The van der Waals surface area contributed by atoms with Crippen LogP contribution >= 0.6 is 0 Å². The average molecular weight is 363 g/mol. The third-order valence-corrected chi connectivity index (χ3v) is 5.34. The number of carbonyl (C=O) groups is 1. The monoisotopic (exact) mass is 362 g/mol. The molecule has 0 saturated heterocycles. The van der Waals surface area contributed by atoms with Crippen LogP contribution in [0.25, 0.3) is 0 Å². The molecule has 4 nitrogen and oxygen atoms in total. The predicted molar refractivity (Wildman–Crippen MR) is 105 cm³/mol. The lowest BCUT2D eigenvalue weighted by atomic mass is 9.82. The van der Waals surface area contributed by atoms with Gasteiger partial charge in [-0.3, -0.25) is 0 Å². The first-order chi connectivity index (χ1) is 12.4. The van der Waals surface area contributed by atoms with Crippen molar-refractivity contribution in [2.45, 2.75) is 88.8 Å². The van der Waals surface area contributed by atoms with Gasteiger partial charge in [-0.05, 0) is 56.9 Å². The molecular formula is C22H34O4. The van der Waals surface area contributed by atoms with Crippen LogP contribution in [0.4, 0.5) is 0 Å². The van der Waals surface area contributed by atoms with Crippen molar-refractivity contribution in [3.05, 3.63) is 24.3 Å². The zero-order valence-electron chi connectivity index (χ0n) is 16.0. The minimum absolute atomic E-state index is 0.137. The van der Waals surface area contributed by atoms with Gasteiger partial charge >= 0.3 is 5.97 Å². The molecule has 0 aromatic rings. The van der Waals surface area contributed by atoms with E-state index in [-0.39, 0.29) is 12.3 Å². The smallest absolute Gasteiger partial charge is 0.335 e. The number of unbranched alkanes of at least 4 members (excludes halogenated alkanes) is 2. The van der Waals surface area contributed by atoms with Crippen molar-refractivity contribution < 1.29 is 20.1 Å². The molecule has 0 spiro atoms. The summed E-state index contributed by atoms with van der Waals surface area (Å²) >= 11 is 0. The molecule has 0 unspecified atom stereocenters. The first-order valence-corrected chi connectivity index (χ1v) is 9.86. The Morgan fingerprint density at radius 3 is 2.42 bits per heavy atom. The molecule has 0 radical (unpaired) electrons. The van der Waals surface area contributed by atoms with Crippen molar-refractivity contribution in [2.75, 3.05) is 0 Å². The molecule has 1 rings (SSSR count). The van der Waals surface area contributed by atoms with Crippen molar-refractivity contribution in [1.29, 1.82) is 0 Å². The van der Waals surface area contributed by atoms with Crippen LogP contribution in [0.2, 0.25) is 0 Å². The maximum atomic E-state index is 11.5. The molecule has 0 heterocycles. The molecule has 3 N–H and O–H groups in total. The summed E-state index contributed by atoms with van der Waals surface area (Å²) < 4.78 is 0. The van der Waals surface area contributed by atoms with Gasteiger partial charge in [-0.15, -0.1) is 6.42 Å². The van der Waals surface area contributed by atoms with Gasteiger partial charge in [-0.1, -0.05) is 56.8 Å². The summed E-state index contributed by atoms with van der Waals surface area (Å²) in [7, 11) is 0. The number of hydrogen-bond donors (Lipinski definition) is 3. The molecule has 1 fully saturated rings. The lowest BCUT2D eigenvalue weighted by Gasteiger charge is -2.29. The molecule has 2 atom stereocenters. The molecule has 0 amide bonds. The zero-order chi connectivity index (χ0) is 19.5. The predicted octanol–water partition coefficient (Wildman–Crippen LogP) is 4.22. The molecule has 0 aromatic carbocycles. The van der Waals surface area contributed by atoms with Crippen molar-refractivity contribution in [2.24, 2.45) is 5.92 Å². The Labute approximate surface area is 158 Å². The molecule has 0 bridgehead atoms. The third-order valence-electron chi connectivity index (χ3n) is 5.34. The van der Waals surface area contributed by atoms with E-state index in [9.17, 15) is 20.1 Å². The largest absolute Gasteiger partial charge is 0.479 e. The highest BCUT2D eigenvalue weighted by atomic mass is 16.4. The maximum Gasteiger partial charge on any atom is 0.335 e. The van der Waals surface area contributed by atoms with Gasteiger partial charge in [-0.2, -0.15) is 0 Å². The van der Waals surface area contributed by atoms with Gasteiger partial charge < -0.3 is 15.3 Å². The van der Waals surface area contributed by atoms with Crippen LogP contribution in [0.3, 0.4) is 0 Å². The second kappa shape index (κ2) is 11.2. The first kappa shape index (κ1) is 22.5. The van der Waals surface area contributed by atoms with E-state index in [1.165, 1.54) is 0 Å². The second-order valence-corrected chi connectivity index (χ2v) is 7.38. The molecule has 0 aliphatic heterocycles. The number of aliphatic carboxylic acids is 1. The summed E-state index contributed by atoms with van der Waals surface area (Å²) in [4.78, 5) is 11.5. The van der Waals surface area contributed by atoms with Crippen LogP contribution in [0, 0.1) is 18.3 Å². The summed E-state index contributed by atoms with van der Waals surface area (Å²) in [5, 5.41) is 30.2. The molecule has 1 aliphatic rings. The quantitative estimate of drug-likeness (QED) is 0.276. The van der Waals surface area contributed by atoms with Gasteiger partial charge in [-0.25, -0.2) is 4.79 Å². The zero-order valence-corrected chi connectivity index (χ0v) is 16.0. The number of allylic oxidation sites excluding steroid dienone is 3. The lowest BCUT2D eigenvalue weighted by molar-refractivity contribution is -0.165. The Morgan fingerprint density at radius 2 is 1.85 bits per heavy atom. The minimum Gasteiger partial charge on any atom is -0.479 e. The highest BCUT2D eigenvalue weighted by Crippen LogP contribution is 2.37. The molecule has 4 heteroatoms. The number of carboxylic acid groups (broad SMARTS) is 1. The Morgan fingerprint density at radius 1 is 1.15 bits per heavy atom. The topological polar surface area (TPSA) is 77.8 Å². The fraction of sp³-hybridized carbons (Fsp3) is 0.682. The molecule has 146 valence electrons. The number of aliphatic hydroxyl groups is 2. The van der Waals surface area contributed by atoms with Crippen LogP contribution in [0.5, 0.6) is 0 Å². The molecule has 1 saturated carbocycles. The van der Waals surface area contributed by atoms with Crippen LogP contribution in [-0.4, -0.2) is 32.5 Å². The first-order valence-electron chi connectivity index (χ1n) is 9.86. The minimum atomic E-state index is -1.61. The van der Waals surface area contributed by atoms with E-state index in [1.807, 2.05) is 18.2 Å². The standard InChI is InChI=1S/C22H34O4/c1-3-5-11-16-21(25,4-2)17-12-7-6-8-13-18-22(26,20(23)24)19-14-9-10-15-19/h2,6,8,12,17,19,25-26H,3,5,7,9-11,13-16,18H2,1H3,(H,23,24)/b8-6+,17-12-/t21-,22-/m1/s1. The van der Waals surface area contributed by atoms with Gasteiger partial charge in [0, 0.05) is 0 Å². The molecule has 0 aromatic heterocycles. The Kier molecular flexibility index (Phi) is 9.69. The normalized spacial score (nSPS) is 20.2. The van der Waals surface area contributed by atoms with E-state index in [2.05, 4.69) is 12.8 Å². The Bertz CT molecular complexity index is 525. The van der Waals surface area contributed by atoms with Crippen LogP contribution in [-0.2, 0) is 4.79 Å². The summed E-state index contributed by atoms with van der Waals surface area (Å²) in [5.41, 5.74) is -2.80. The van der Waals surface area contributed by atoms with Crippen LogP contribution in [0.15, 0.2) is 24.3 Å². The summed E-state index contributed by atoms with van der Waals surface area (Å²) in [6, 6.07) is 0. The number of rotatable bonds is 12. The van der Waals surface area contributed by atoms with Gasteiger partial charge in [0.15, 0.2) is 5.60 Å². The van der Waals surface area contributed by atoms with Crippen molar-refractivity contribution in [1.82, 2.24) is 0 Å². The Balaban J connectivity index is 2.41. The van der Waals surface area contributed by atoms with E-state index in [1.54, 1.807) is 6.08 Å². The maximum absolute atomic E-state index is 11.5. The van der Waals surface area contributed by atoms with Gasteiger partial charge in [0.25, 0.3) is 0 Å². The van der Waals surface area contributed by atoms with E-state index >= 15 is 0 Å². The Hall–Kier alpha value is -1.57. The number of carboxylic acids is 1. The van der Waals surface area contributed by atoms with Crippen LogP contribution < -0.4 is 0 Å². The molecule has 1 aliphatic carbocycles.